The number of hydrogen-bond donors (Lipinski definition) is 1. The van der Waals surface area contributed by atoms with Crippen LogP contribution in [0.3, 0.4) is 0 Å². The maximum absolute atomic E-state index is 13.0. The first-order valence-electron chi connectivity index (χ1n) is 10.4. The molecule has 2 aromatic rings. The van der Waals surface area contributed by atoms with Crippen molar-refractivity contribution in [2.24, 2.45) is 5.92 Å². The van der Waals surface area contributed by atoms with Gasteiger partial charge in [-0.2, -0.15) is 4.98 Å². The molecular weight excluding hydrogens is 484 g/mol. The van der Waals surface area contributed by atoms with E-state index in [1.807, 2.05) is 0 Å². The summed E-state index contributed by atoms with van der Waals surface area (Å²) in [6.45, 7) is 4.41. The van der Waals surface area contributed by atoms with E-state index in [0.717, 1.165) is 18.3 Å². The van der Waals surface area contributed by atoms with Crippen LogP contribution in [0.15, 0.2) is 23.1 Å². The van der Waals surface area contributed by atoms with Gasteiger partial charge >= 0.3 is 22.8 Å². The Morgan fingerprint density at radius 1 is 1.20 bits per heavy atom. The van der Waals surface area contributed by atoms with Crippen molar-refractivity contribution < 1.29 is 38.1 Å². The van der Waals surface area contributed by atoms with Crippen LogP contribution >= 0.6 is 11.3 Å². The highest BCUT2D eigenvalue weighted by Crippen LogP contribution is 2.41. The summed E-state index contributed by atoms with van der Waals surface area (Å²) >= 11 is 0.844. The van der Waals surface area contributed by atoms with Crippen molar-refractivity contribution in [3.63, 3.8) is 0 Å². The number of carbonyl (C=O) groups excluding carboxylic acids is 4. The Morgan fingerprint density at radius 2 is 1.91 bits per heavy atom. The van der Waals surface area contributed by atoms with Gasteiger partial charge in [0.1, 0.15) is 25.0 Å². The number of aromatic nitrogens is 3. The third-order valence-corrected chi connectivity index (χ3v) is 5.83. The average Bonchev–Trinajstić information content (AvgIpc) is 3.24. The molecule has 0 bridgehead atoms. The summed E-state index contributed by atoms with van der Waals surface area (Å²) in [5.74, 6) is -3.31. The Hall–Kier alpha value is -3.65. The molecular formula is C21H24N4O9S. The number of ether oxygens (including phenoxy) is 4. The molecule has 1 aliphatic heterocycles. The minimum absolute atomic E-state index is 0.0846. The molecule has 0 spiro atoms. The number of allylic oxidation sites excluding steroid dienone is 1. The van der Waals surface area contributed by atoms with Gasteiger partial charge < -0.3 is 24.7 Å². The largest absolute Gasteiger partial charge is 0.462 e. The number of anilines is 1. The molecule has 2 N–H and O–H groups in total. The normalized spacial score (nSPS) is 22.7. The molecule has 35 heavy (non-hydrogen) atoms. The molecule has 2 aromatic heterocycles. The molecule has 188 valence electrons. The van der Waals surface area contributed by atoms with Gasteiger partial charge in [0, 0.05) is 20.8 Å². The van der Waals surface area contributed by atoms with Crippen molar-refractivity contribution >= 4 is 51.3 Å². The van der Waals surface area contributed by atoms with Crippen LogP contribution in [0.1, 0.15) is 33.9 Å². The average molecular weight is 509 g/mol. The molecule has 5 atom stereocenters. The zero-order chi connectivity index (χ0) is 25.9. The van der Waals surface area contributed by atoms with E-state index in [2.05, 4.69) is 9.97 Å². The zero-order valence-electron chi connectivity index (χ0n) is 19.3. The lowest BCUT2D eigenvalue weighted by molar-refractivity contribution is -0.176. The van der Waals surface area contributed by atoms with Crippen LogP contribution in [0, 0.1) is 5.92 Å². The Kier molecular flexibility index (Phi) is 7.96. The lowest BCUT2D eigenvalue weighted by atomic mass is 9.95. The predicted molar refractivity (Wildman–Crippen MR) is 121 cm³/mol. The number of thiazole rings is 1. The standard InChI is InChI=1S/C21H24N4O9S/c1-9(26)5-6-13-16(33-12(4)29)17(14(32-11(3)28)8-31-10(2)27)34-19(13)25-18-15(35-21(25)30)7-23-20(22)24-18/h5-7,13-14,16-17,19H,8H2,1-4H3,(H2,22,23,24)/b6-5+/t13-,14?,16-,17-,19-/m1/s1. The van der Waals surface area contributed by atoms with Gasteiger partial charge in [-0.05, 0) is 13.0 Å². The number of hydrogen-bond acceptors (Lipinski definition) is 13. The summed E-state index contributed by atoms with van der Waals surface area (Å²) in [6, 6.07) is 0. The maximum atomic E-state index is 13.0. The van der Waals surface area contributed by atoms with Gasteiger partial charge in [0.15, 0.2) is 17.5 Å². The van der Waals surface area contributed by atoms with Crippen LogP contribution in [0.5, 0.6) is 0 Å². The van der Waals surface area contributed by atoms with E-state index in [1.54, 1.807) is 0 Å². The van der Waals surface area contributed by atoms with Gasteiger partial charge in [-0.15, -0.1) is 0 Å². The molecule has 0 saturated carbocycles. The SMILES string of the molecule is CC(=O)/C=C/[C@@H]1[C@@H](OC(C)=O)[C@@H](C(COC(C)=O)OC(C)=O)O[C@H]1n1c(=O)sc2cnc(N)nc21. The number of rotatable bonds is 8. The van der Waals surface area contributed by atoms with E-state index >= 15 is 0 Å². The first-order valence-corrected chi connectivity index (χ1v) is 11.2. The van der Waals surface area contributed by atoms with Crippen molar-refractivity contribution in [3.05, 3.63) is 28.0 Å². The molecule has 0 amide bonds. The lowest BCUT2D eigenvalue weighted by Crippen LogP contribution is -2.44. The molecule has 1 saturated heterocycles. The number of esters is 3. The number of carbonyl (C=O) groups is 4. The second-order valence-electron chi connectivity index (χ2n) is 7.72. The first-order chi connectivity index (χ1) is 16.5. The summed E-state index contributed by atoms with van der Waals surface area (Å²) in [5, 5.41) is 0. The van der Waals surface area contributed by atoms with E-state index in [0.29, 0.717) is 4.70 Å². The topological polar surface area (TPSA) is 179 Å². The van der Waals surface area contributed by atoms with E-state index in [4.69, 9.17) is 24.7 Å². The Labute approximate surface area is 202 Å². The molecule has 0 radical (unpaired) electrons. The summed E-state index contributed by atoms with van der Waals surface area (Å²) in [4.78, 5) is 67.4. The van der Waals surface area contributed by atoms with E-state index in [9.17, 15) is 24.0 Å². The number of nitrogens with two attached hydrogens (primary N) is 1. The second-order valence-corrected chi connectivity index (χ2v) is 8.71. The van der Waals surface area contributed by atoms with Gasteiger partial charge in [-0.25, -0.2) is 4.98 Å². The van der Waals surface area contributed by atoms with Gasteiger partial charge in [0.2, 0.25) is 5.95 Å². The molecule has 1 unspecified atom stereocenters. The molecule has 3 rings (SSSR count). The van der Waals surface area contributed by atoms with Crippen LogP contribution < -0.4 is 10.6 Å². The highest BCUT2D eigenvalue weighted by atomic mass is 32.1. The van der Waals surface area contributed by atoms with Gasteiger partial charge in [-0.1, -0.05) is 17.4 Å². The van der Waals surface area contributed by atoms with Crippen molar-refractivity contribution in [1.29, 1.82) is 0 Å². The highest BCUT2D eigenvalue weighted by Gasteiger charge is 2.52. The zero-order valence-corrected chi connectivity index (χ0v) is 20.1. The fourth-order valence-electron chi connectivity index (χ4n) is 3.71. The number of nitrogen functional groups attached to an aromatic ring is 1. The smallest absolute Gasteiger partial charge is 0.311 e. The molecule has 1 aliphatic rings. The Balaban J connectivity index is 2.16. The highest BCUT2D eigenvalue weighted by molar-refractivity contribution is 7.16. The Morgan fingerprint density at radius 3 is 2.51 bits per heavy atom. The number of nitrogens with zero attached hydrogens (tertiary/aromatic N) is 3. The molecule has 13 nitrogen and oxygen atoms in total. The quantitative estimate of drug-likeness (QED) is 0.297. The fourth-order valence-corrected chi connectivity index (χ4v) is 4.53. The maximum Gasteiger partial charge on any atom is 0.311 e. The minimum Gasteiger partial charge on any atom is -0.462 e. The number of ketones is 1. The monoisotopic (exact) mass is 508 g/mol. The van der Waals surface area contributed by atoms with Crippen LogP contribution in [-0.4, -0.2) is 63.1 Å². The summed E-state index contributed by atoms with van der Waals surface area (Å²) < 4.78 is 23.6. The van der Waals surface area contributed by atoms with E-state index in [-0.39, 0.29) is 17.4 Å². The number of fused-ring (bicyclic) bond motifs is 1. The second kappa shape index (κ2) is 10.7. The van der Waals surface area contributed by atoms with E-state index < -0.39 is 59.8 Å². The van der Waals surface area contributed by atoms with Gasteiger partial charge in [-0.3, -0.25) is 28.5 Å². The van der Waals surface area contributed by atoms with Crippen molar-refractivity contribution in [2.45, 2.75) is 52.2 Å². The molecule has 1 fully saturated rings. The summed E-state index contributed by atoms with van der Waals surface area (Å²) in [6.07, 6.45) is -0.569. The first kappa shape index (κ1) is 26.0. The van der Waals surface area contributed by atoms with Crippen LogP contribution in [-0.2, 0) is 38.1 Å². The molecule has 0 aromatic carbocycles. The molecule has 3 heterocycles. The Bertz CT molecular complexity index is 1240. The van der Waals surface area contributed by atoms with Crippen LogP contribution in [0.25, 0.3) is 10.3 Å². The molecule has 14 heteroatoms. The van der Waals surface area contributed by atoms with Gasteiger partial charge in [0.25, 0.3) is 0 Å². The van der Waals surface area contributed by atoms with Crippen LogP contribution in [0.2, 0.25) is 0 Å². The van der Waals surface area contributed by atoms with Crippen molar-refractivity contribution in [3.8, 4) is 0 Å². The third kappa shape index (κ3) is 6.08. The van der Waals surface area contributed by atoms with Crippen molar-refractivity contribution in [1.82, 2.24) is 14.5 Å². The fraction of sp³-hybridized carbons (Fsp3) is 0.476. The van der Waals surface area contributed by atoms with Gasteiger partial charge in [0.05, 0.1) is 16.8 Å². The summed E-state index contributed by atoms with van der Waals surface area (Å²) in [7, 11) is 0. The summed E-state index contributed by atoms with van der Waals surface area (Å²) in [5.41, 5.74) is 5.89. The third-order valence-electron chi connectivity index (χ3n) is 4.95. The van der Waals surface area contributed by atoms with Crippen molar-refractivity contribution in [2.75, 3.05) is 12.3 Å². The van der Waals surface area contributed by atoms with E-state index in [1.165, 1.54) is 43.7 Å². The predicted octanol–water partition coefficient (Wildman–Crippen LogP) is 0.520. The minimum atomic E-state index is -1.20. The van der Waals surface area contributed by atoms with Crippen LogP contribution in [0.4, 0.5) is 5.95 Å². The molecule has 0 aliphatic carbocycles. The lowest BCUT2D eigenvalue weighted by Gasteiger charge is -2.27.